The lowest BCUT2D eigenvalue weighted by Crippen LogP contribution is -2.38. The molecular weight excluding hydrogens is 214 g/mol. The van der Waals surface area contributed by atoms with Crippen molar-refractivity contribution in [1.29, 1.82) is 0 Å². The largest absolute Gasteiger partial charge is 0.389 e. The molecule has 1 unspecified atom stereocenters. The summed E-state index contributed by atoms with van der Waals surface area (Å²) in [7, 11) is -2.92. The summed E-state index contributed by atoms with van der Waals surface area (Å²) in [5.41, 5.74) is 4.60. The maximum atomic E-state index is 11.2. The van der Waals surface area contributed by atoms with Gasteiger partial charge in [0.2, 0.25) is 0 Å². The maximum Gasteiger partial charge on any atom is 0.150 e. The molecule has 5 heteroatoms. The van der Waals surface area contributed by atoms with Gasteiger partial charge in [0.1, 0.15) is 9.84 Å². The number of sulfone groups is 1. The predicted molar refractivity (Wildman–Crippen MR) is 62.5 cm³/mol. The molecule has 15 heavy (non-hydrogen) atoms. The average molecular weight is 237 g/mol. The summed E-state index contributed by atoms with van der Waals surface area (Å²) in [5, 5.41) is 9.97. The highest BCUT2D eigenvalue weighted by Crippen LogP contribution is 2.18. The summed E-state index contributed by atoms with van der Waals surface area (Å²) in [6, 6.07) is 0. The van der Waals surface area contributed by atoms with Gasteiger partial charge in [-0.25, -0.2) is 8.42 Å². The van der Waals surface area contributed by atoms with Crippen LogP contribution in [0.25, 0.3) is 0 Å². The van der Waals surface area contributed by atoms with Gasteiger partial charge < -0.3 is 10.8 Å². The van der Waals surface area contributed by atoms with Crippen LogP contribution in [-0.4, -0.2) is 37.2 Å². The van der Waals surface area contributed by atoms with E-state index in [1.807, 2.05) is 6.92 Å². The molecule has 0 aromatic rings. The quantitative estimate of drug-likeness (QED) is 0.651. The fraction of sp³-hybridized carbons (Fsp3) is 1.00. The molecule has 0 aliphatic rings. The summed E-state index contributed by atoms with van der Waals surface area (Å²) >= 11 is 0. The van der Waals surface area contributed by atoms with Gasteiger partial charge in [0.15, 0.2) is 0 Å². The first-order chi connectivity index (χ1) is 6.89. The summed E-state index contributed by atoms with van der Waals surface area (Å²) in [6.07, 6.45) is 2.45. The van der Waals surface area contributed by atoms with Crippen LogP contribution in [0, 0.1) is 0 Å². The van der Waals surface area contributed by atoms with Gasteiger partial charge in [0, 0.05) is 12.3 Å². The van der Waals surface area contributed by atoms with Crippen LogP contribution in [0.5, 0.6) is 0 Å². The number of hydrogen-bond acceptors (Lipinski definition) is 4. The van der Waals surface area contributed by atoms with E-state index in [2.05, 4.69) is 0 Å². The van der Waals surface area contributed by atoms with Crippen molar-refractivity contribution in [1.82, 2.24) is 0 Å². The van der Waals surface area contributed by atoms with Crippen LogP contribution >= 0.6 is 0 Å². The minimum atomic E-state index is -2.92. The van der Waals surface area contributed by atoms with Crippen molar-refractivity contribution >= 4 is 9.84 Å². The van der Waals surface area contributed by atoms with Crippen LogP contribution in [0.1, 0.15) is 39.5 Å². The molecule has 0 radical (unpaired) electrons. The fourth-order valence-electron chi connectivity index (χ4n) is 1.56. The number of hydrogen-bond donors (Lipinski definition) is 2. The average Bonchev–Trinajstić information content (AvgIpc) is 2.18. The molecule has 0 aromatic carbocycles. The van der Waals surface area contributed by atoms with Gasteiger partial charge in [0.05, 0.1) is 11.4 Å². The van der Waals surface area contributed by atoms with Gasteiger partial charge in [-0.15, -0.1) is 0 Å². The van der Waals surface area contributed by atoms with Gasteiger partial charge in [-0.05, 0) is 19.3 Å². The highest BCUT2D eigenvalue weighted by Gasteiger charge is 2.24. The molecule has 0 aliphatic carbocycles. The van der Waals surface area contributed by atoms with Gasteiger partial charge >= 0.3 is 0 Å². The van der Waals surface area contributed by atoms with Crippen LogP contribution in [0.15, 0.2) is 0 Å². The van der Waals surface area contributed by atoms with E-state index in [9.17, 15) is 13.5 Å². The van der Waals surface area contributed by atoms with Crippen LogP contribution in [0.2, 0.25) is 0 Å². The van der Waals surface area contributed by atoms with Crippen molar-refractivity contribution in [3.8, 4) is 0 Å². The Morgan fingerprint density at radius 1 is 1.27 bits per heavy atom. The van der Waals surface area contributed by atoms with Crippen LogP contribution in [-0.2, 0) is 9.84 Å². The van der Waals surface area contributed by atoms with E-state index in [-0.39, 0.29) is 18.1 Å². The van der Waals surface area contributed by atoms with Crippen molar-refractivity contribution in [2.24, 2.45) is 5.73 Å². The molecule has 0 rings (SSSR count). The highest BCUT2D eigenvalue weighted by atomic mass is 32.2. The Labute approximate surface area is 92.8 Å². The lowest BCUT2D eigenvalue weighted by molar-refractivity contribution is 0.0304. The third kappa shape index (κ3) is 6.12. The van der Waals surface area contributed by atoms with Gasteiger partial charge in [-0.2, -0.15) is 0 Å². The number of aliphatic hydroxyl groups is 1. The molecule has 4 nitrogen and oxygen atoms in total. The van der Waals surface area contributed by atoms with Crippen molar-refractivity contribution in [2.75, 3.05) is 18.1 Å². The molecule has 0 aliphatic heterocycles. The third-order valence-electron chi connectivity index (χ3n) is 2.63. The van der Waals surface area contributed by atoms with Crippen molar-refractivity contribution in [2.45, 2.75) is 45.1 Å². The Morgan fingerprint density at radius 3 is 2.27 bits per heavy atom. The second-order valence-corrected chi connectivity index (χ2v) is 6.49. The Bertz CT molecular complexity index is 264. The molecule has 1 atom stereocenters. The molecule has 0 saturated carbocycles. The van der Waals surface area contributed by atoms with E-state index in [1.165, 1.54) is 0 Å². The zero-order valence-electron chi connectivity index (χ0n) is 9.70. The van der Waals surface area contributed by atoms with E-state index >= 15 is 0 Å². The summed E-state index contributed by atoms with van der Waals surface area (Å²) < 4.78 is 22.4. The van der Waals surface area contributed by atoms with Gasteiger partial charge in [0.25, 0.3) is 0 Å². The Hall–Kier alpha value is -0.130. The molecule has 3 N–H and O–H groups in total. The molecular formula is C10H23NO3S. The number of nitrogens with two attached hydrogens (primary N) is 1. The van der Waals surface area contributed by atoms with Crippen molar-refractivity contribution in [3.63, 3.8) is 0 Å². The first-order valence-corrected chi connectivity index (χ1v) is 7.34. The topological polar surface area (TPSA) is 80.4 Å². The zero-order chi connectivity index (χ0) is 11.9. The van der Waals surface area contributed by atoms with Crippen LogP contribution < -0.4 is 5.73 Å². The second kappa shape index (κ2) is 6.45. The smallest absolute Gasteiger partial charge is 0.150 e. The van der Waals surface area contributed by atoms with E-state index in [1.54, 1.807) is 6.92 Å². The molecule has 92 valence electrons. The van der Waals surface area contributed by atoms with Crippen molar-refractivity contribution in [3.05, 3.63) is 0 Å². The first-order valence-electron chi connectivity index (χ1n) is 5.52. The molecule has 0 amide bonds. The van der Waals surface area contributed by atoms with Crippen molar-refractivity contribution < 1.29 is 13.5 Å². The lowest BCUT2D eigenvalue weighted by Gasteiger charge is -2.25. The van der Waals surface area contributed by atoms with E-state index < -0.39 is 15.4 Å². The summed E-state index contributed by atoms with van der Waals surface area (Å²) in [6.45, 7) is 3.81. The molecule has 0 saturated heterocycles. The van der Waals surface area contributed by atoms with E-state index in [0.29, 0.717) is 19.3 Å². The summed E-state index contributed by atoms with van der Waals surface area (Å²) in [4.78, 5) is 0. The second-order valence-electron chi connectivity index (χ2n) is 4.02. The molecule has 0 spiro atoms. The highest BCUT2D eigenvalue weighted by molar-refractivity contribution is 7.91. The van der Waals surface area contributed by atoms with Gasteiger partial charge in [-0.3, -0.25) is 0 Å². The maximum absolute atomic E-state index is 11.2. The Kier molecular flexibility index (Phi) is 6.40. The lowest BCUT2D eigenvalue weighted by atomic mass is 9.93. The Morgan fingerprint density at radius 2 is 1.87 bits per heavy atom. The minimum Gasteiger partial charge on any atom is -0.389 e. The van der Waals surface area contributed by atoms with Crippen LogP contribution in [0.4, 0.5) is 0 Å². The van der Waals surface area contributed by atoms with E-state index in [0.717, 1.165) is 6.42 Å². The predicted octanol–water partition coefficient (Wildman–Crippen LogP) is 0.691. The first kappa shape index (κ1) is 14.9. The summed E-state index contributed by atoms with van der Waals surface area (Å²) in [5.74, 6) is 0.317. The monoisotopic (exact) mass is 237 g/mol. The molecule has 0 aromatic heterocycles. The van der Waals surface area contributed by atoms with Crippen LogP contribution in [0.3, 0.4) is 0 Å². The molecule has 0 fully saturated rings. The Balaban J connectivity index is 4.03. The molecule has 0 heterocycles. The van der Waals surface area contributed by atoms with E-state index in [4.69, 9.17) is 5.73 Å². The molecule has 0 bridgehead atoms. The van der Waals surface area contributed by atoms with Gasteiger partial charge in [-0.1, -0.05) is 20.3 Å². The zero-order valence-corrected chi connectivity index (χ0v) is 10.5. The normalized spacial score (nSPS) is 16.3. The number of rotatable bonds is 8. The standard InChI is InChI=1S/C10H23NO3S/c1-3-6-10(12,9-11)7-5-8-15(13,14)4-2/h12H,3-9,11H2,1-2H3. The minimum absolute atomic E-state index is 0.148. The fourth-order valence-corrected chi connectivity index (χ4v) is 2.43. The third-order valence-corrected chi connectivity index (χ3v) is 4.42. The SMILES string of the molecule is CCCC(O)(CN)CCCS(=O)(=O)CC.